The molecule has 1 N–H and O–H groups in total. The van der Waals surface area contributed by atoms with Gasteiger partial charge in [0.15, 0.2) is 0 Å². The number of aromatic nitrogens is 3. The van der Waals surface area contributed by atoms with E-state index >= 15 is 0 Å². The van der Waals surface area contributed by atoms with Gasteiger partial charge in [-0.15, -0.1) is 0 Å². The normalized spacial score (nSPS) is 8.83. The van der Waals surface area contributed by atoms with Crippen LogP contribution in [-0.4, -0.2) is 37.9 Å². The predicted octanol–water partition coefficient (Wildman–Crippen LogP) is -1.67. The van der Waals surface area contributed by atoms with E-state index in [2.05, 4.69) is 15.4 Å². The summed E-state index contributed by atoms with van der Waals surface area (Å²) < 4.78 is 1.06. The van der Waals surface area contributed by atoms with Gasteiger partial charge in [0.2, 0.25) is 0 Å². The van der Waals surface area contributed by atoms with Crippen LogP contribution in [0.15, 0.2) is 6.20 Å². The van der Waals surface area contributed by atoms with Gasteiger partial charge in [-0.3, -0.25) is 0 Å². The Kier molecular flexibility index (Phi) is 1.09. The quantitative estimate of drug-likeness (QED) is 0.494. The minimum atomic E-state index is 1.05. The third-order valence-electron chi connectivity index (χ3n) is 0.436. The molecule has 0 saturated carbocycles. The predicted molar refractivity (Wildman–Crippen MR) is 23.2 cm³/mol. The fourth-order valence-corrected chi connectivity index (χ4v) is 0.588. The zero-order valence-electron chi connectivity index (χ0n) is 3.05. The summed E-state index contributed by atoms with van der Waals surface area (Å²) >= 11 is 1.05. The Balaban J connectivity index is 3.05. The van der Waals surface area contributed by atoms with Crippen molar-refractivity contribution in [2.45, 2.75) is 0 Å². The first-order valence-corrected chi connectivity index (χ1v) is 3.16. The molecule has 0 amide bonds. The molecular formula is C2H3N3Sn. The summed E-state index contributed by atoms with van der Waals surface area (Å²) in [6, 6.07) is 0. The first-order valence-electron chi connectivity index (χ1n) is 1.51. The van der Waals surface area contributed by atoms with Gasteiger partial charge < -0.3 is 0 Å². The molecule has 1 aromatic rings. The van der Waals surface area contributed by atoms with Crippen molar-refractivity contribution in [3.8, 4) is 0 Å². The van der Waals surface area contributed by atoms with Gasteiger partial charge in [-0.25, -0.2) is 0 Å². The Morgan fingerprint density at radius 3 is 2.83 bits per heavy atom. The van der Waals surface area contributed by atoms with Crippen LogP contribution in [-0.2, 0) is 0 Å². The number of H-pyrrole nitrogens is 1. The third kappa shape index (κ3) is 0.706. The molecule has 0 fully saturated rings. The first-order chi connectivity index (χ1) is 2.89. The van der Waals surface area contributed by atoms with Crippen molar-refractivity contribution < 1.29 is 0 Å². The number of hydrogen-bond donors (Lipinski definition) is 1. The van der Waals surface area contributed by atoms with Gasteiger partial charge in [-0.1, -0.05) is 0 Å². The number of aromatic amines is 1. The Morgan fingerprint density at radius 1 is 1.83 bits per heavy atom. The standard InChI is InChI=1S/C2H2N3.Sn.H/c1-2-4-5-3-1;;/h1H,(H,3,4,5);;. The molecule has 2 radical (unpaired) electrons. The average Bonchev–Trinajstić information content (AvgIpc) is 1.86. The van der Waals surface area contributed by atoms with Gasteiger partial charge in [0.1, 0.15) is 0 Å². The van der Waals surface area contributed by atoms with Gasteiger partial charge in [-0.2, -0.15) is 0 Å². The second-order valence-electron chi connectivity index (χ2n) is 0.898. The monoisotopic (exact) mass is 189 g/mol. The average molecular weight is 188 g/mol. The molecule has 6 heavy (non-hydrogen) atoms. The second-order valence-corrected chi connectivity index (χ2v) is 2.59. The maximum atomic E-state index is 3.67. The van der Waals surface area contributed by atoms with Crippen molar-refractivity contribution >= 4 is 26.2 Å². The van der Waals surface area contributed by atoms with Gasteiger partial charge in [-0.05, 0) is 0 Å². The van der Waals surface area contributed by atoms with Gasteiger partial charge in [0.05, 0.1) is 0 Å². The van der Waals surface area contributed by atoms with Crippen molar-refractivity contribution in [1.82, 2.24) is 15.4 Å². The van der Waals surface area contributed by atoms with E-state index in [-0.39, 0.29) is 0 Å². The van der Waals surface area contributed by atoms with Crippen molar-refractivity contribution in [2.75, 3.05) is 0 Å². The molecule has 0 aliphatic heterocycles. The molecule has 0 saturated heterocycles. The summed E-state index contributed by atoms with van der Waals surface area (Å²) in [4.78, 5) is 0. The van der Waals surface area contributed by atoms with Crippen LogP contribution in [0.1, 0.15) is 0 Å². The molecule has 0 bridgehead atoms. The molecule has 3 nitrogen and oxygen atoms in total. The summed E-state index contributed by atoms with van der Waals surface area (Å²) in [5.74, 6) is 0. The number of nitrogens with one attached hydrogen (secondary N) is 1. The zero-order chi connectivity index (χ0) is 4.41. The van der Waals surface area contributed by atoms with E-state index in [4.69, 9.17) is 0 Å². The Labute approximate surface area is 48.2 Å². The van der Waals surface area contributed by atoms with Crippen LogP contribution < -0.4 is 3.71 Å². The number of nitrogens with zero attached hydrogens (tertiary/aromatic N) is 2. The Hall–Kier alpha value is -0.0613. The van der Waals surface area contributed by atoms with Crippen LogP contribution in [0.2, 0.25) is 0 Å². The molecule has 1 aromatic heterocycles. The topological polar surface area (TPSA) is 41.6 Å². The molecule has 1 rings (SSSR count). The van der Waals surface area contributed by atoms with E-state index in [1.807, 2.05) is 0 Å². The molecule has 0 atom stereocenters. The van der Waals surface area contributed by atoms with E-state index in [9.17, 15) is 0 Å². The van der Waals surface area contributed by atoms with Crippen molar-refractivity contribution in [1.29, 1.82) is 0 Å². The minimum absolute atomic E-state index is 1.05. The molecule has 1 heterocycles. The van der Waals surface area contributed by atoms with Crippen molar-refractivity contribution in [3.63, 3.8) is 0 Å². The van der Waals surface area contributed by atoms with E-state index in [0.717, 1.165) is 26.2 Å². The summed E-state index contributed by atoms with van der Waals surface area (Å²) in [7, 11) is 0. The van der Waals surface area contributed by atoms with Gasteiger partial charge in [0, 0.05) is 0 Å². The molecule has 0 spiro atoms. The SMILES string of the molecule is [SnH][c]1c[nH]nn1. The fraction of sp³-hybridized carbons (Fsp3) is 0. The van der Waals surface area contributed by atoms with Crippen LogP contribution in [0, 0.1) is 0 Å². The van der Waals surface area contributed by atoms with Gasteiger partial charge >= 0.3 is 47.8 Å². The molecule has 0 aliphatic carbocycles. The van der Waals surface area contributed by atoms with Crippen LogP contribution in [0.3, 0.4) is 0 Å². The molecule has 0 unspecified atom stereocenters. The van der Waals surface area contributed by atoms with E-state index in [0.29, 0.717) is 0 Å². The summed E-state index contributed by atoms with van der Waals surface area (Å²) in [5.41, 5.74) is 0. The van der Waals surface area contributed by atoms with E-state index < -0.39 is 0 Å². The second kappa shape index (κ2) is 1.59. The van der Waals surface area contributed by atoms with E-state index in [1.165, 1.54) is 0 Å². The van der Waals surface area contributed by atoms with Crippen LogP contribution in [0.4, 0.5) is 0 Å². The zero-order valence-corrected chi connectivity index (χ0v) is 6.34. The Morgan fingerprint density at radius 2 is 2.67 bits per heavy atom. The number of rotatable bonds is 0. The van der Waals surface area contributed by atoms with Crippen LogP contribution in [0.25, 0.3) is 0 Å². The summed E-state index contributed by atoms with van der Waals surface area (Å²) in [6.45, 7) is 0. The Bertz CT molecular complexity index is 112. The third-order valence-corrected chi connectivity index (χ3v) is 1.24. The molecular weight excluding hydrogens is 185 g/mol. The maximum absolute atomic E-state index is 3.67. The summed E-state index contributed by atoms with van der Waals surface area (Å²) in [5, 5.41) is 9.75. The fourth-order valence-electron chi connectivity index (χ4n) is 0.210. The van der Waals surface area contributed by atoms with Crippen LogP contribution in [0.5, 0.6) is 0 Å². The molecule has 0 aliphatic rings. The van der Waals surface area contributed by atoms with Crippen LogP contribution >= 0.6 is 0 Å². The summed E-state index contributed by atoms with van der Waals surface area (Å²) in [6.07, 6.45) is 1.79. The first kappa shape index (κ1) is 4.11. The molecule has 30 valence electrons. The number of hydrogen-bond acceptors (Lipinski definition) is 2. The van der Waals surface area contributed by atoms with Crippen molar-refractivity contribution in [2.24, 2.45) is 0 Å². The van der Waals surface area contributed by atoms with Gasteiger partial charge in [0.25, 0.3) is 0 Å². The van der Waals surface area contributed by atoms with E-state index in [1.54, 1.807) is 6.20 Å². The molecule has 0 aromatic carbocycles. The van der Waals surface area contributed by atoms with Crippen molar-refractivity contribution in [3.05, 3.63) is 6.20 Å². The molecule has 4 heteroatoms.